The summed E-state index contributed by atoms with van der Waals surface area (Å²) in [4.78, 5) is 15.3. The molecule has 3 aromatic rings. The molecule has 0 fully saturated rings. The van der Waals surface area contributed by atoms with Gasteiger partial charge in [0.15, 0.2) is 0 Å². The SMILES string of the molecule is O=C(O)c1ccc2nc(-c3ccc(F)cc3Cl)cn2c1. The van der Waals surface area contributed by atoms with Crippen molar-refractivity contribution in [2.45, 2.75) is 0 Å². The molecular weight excluding hydrogens is 283 g/mol. The van der Waals surface area contributed by atoms with Crippen LogP contribution in [0.5, 0.6) is 0 Å². The Morgan fingerprint density at radius 1 is 1.25 bits per heavy atom. The highest BCUT2D eigenvalue weighted by Gasteiger charge is 2.10. The van der Waals surface area contributed by atoms with E-state index in [1.807, 2.05) is 0 Å². The molecule has 0 amide bonds. The second-order valence-corrected chi connectivity index (χ2v) is 4.65. The van der Waals surface area contributed by atoms with E-state index in [1.165, 1.54) is 30.5 Å². The maximum absolute atomic E-state index is 13.0. The lowest BCUT2D eigenvalue weighted by Gasteiger charge is -1.99. The molecule has 100 valence electrons. The number of pyridine rings is 1. The molecule has 0 atom stereocenters. The highest BCUT2D eigenvalue weighted by molar-refractivity contribution is 6.33. The summed E-state index contributed by atoms with van der Waals surface area (Å²) >= 11 is 5.99. The van der Waals surface area contributed by atoms with Gasteiger partial charge in [0.1, 0.15) is 11.5 Å². The van der Waals surface area contributed by atoms with Gasteiger partial charge in [0.2, 0.25) is 0 Å². The van der Waals surface area contributed by atoms with Crippen LogP contribution < -0.4 is 0 Å². The summed E-state index contributed by atoms with van der Waals surface area (Å²) in [6, 6.07) is 7.13. The molecule has 0 saturated carbocycles. The Bertz CT molecular complexity index is 829. The van der Waals surface area contributed by atoms with Crippen molar-refractivity contribution in [2.75, 3.05) is 0 Å². The standard InChI is InChI=1S/C14H8ClFN2O2/c15-11-5-9(16)2-3-10(11)12-7-18-6-8(14(19)20)1-4-13(18)17-12/h1-7H,(H,19,20). The maximum atomic E-state index is 13.0. The Morgan fingerprint density at radius 3 is 2.75 bits per heavy atom. The van der Waals surface area contributed by atoms with E-state index in [0.717, 1.165) is 0 Å². The van der Waals surface area contributed by atoms with Crippen LogP contribution in [0, 0.1) is 5.82 Å². The molecule has 1 aromatic carbocycles. The van der Waals surface area contributed by atoms with Gasteiger partial charge in [-0.1, -0.05) is 11.6 Å². The lowest BCUT2D eigenvalue weighted by Crippen LogP contribution is -1.97. The Kier molecular flexibility index (Phi) is 2.91. The number of hydrogen-bond donors (Lipinski definition) is 1. The van der Waals surface area contributed by atoms with Crippen molar-refractivity contribution in [1.29, 1.82) is 0 Å². The number of carbonyl (C=O) groups is 1. The number of nitrogens with zero attached hydrogens (tertiary/aromatic N) is 2. The number of halogens is 2. The van der Waals surface area contributed by atoms with Gasteiger partial charge in [0.05, 0.1) is 16.3 Å². The molecule has 0 bridgehead atoms. The van der Waals surface area contributed by atoms with Crippen LogP contribution in [0.4, 0.5) is 4.39 Å². The minimum absolute atomic E-state index is 0.159. The number of carboxylic acids is 1. The van der Waals surface area contributed by atoms with E-state index in [1.54, 1.807) is 16.7 Å². The first kappa shape index (κ1) is 12.6. The Labute approximate surface area is 118 Å². The van der Waals surface area contributed by atoms with E-state index in [0.29, 0.717) is 16.9 Å². The quantitative estimate of drug-likeness (QED) is 0.786. The van der Waals surface area contributed by atoms with Crippen LogP contribution in [-0.4, -0.2) is 20.5 Å². The minimum atomic E-state index is -1.01. The molecule has 2 aromatic heterocycles. The van der Waals surface area contributed by atoms with Crippen molar-refractivity contribution >= 4 is 23.2 Å². The molecule has 3 rings (SSSR count). The van der Waals surface area contributed by atoms with Crippen LogP contribution in [0.3, 0.4) is 0 Å². The third-order valence-corrected chi connectivity index (χ3v) is 3.22. The summed E-state index contributed by atoms with van der Waals surface area (Å²) in [5, 5.41) is 9.20. The predicted octanol–water partition coefficient (Wildman–Crippen LogP) is 3.49. The summed E-state index contributed by atoms with van der Waals surface area (Å²) in [7, 11) is 0. The number of benzene rings is 1. The molecule has 20 heavy (non-hydrogen) atoms. The van der Waals surface area contributed by atoms with Crippen LogP contribution >= 0.6 is 11.6 Å². The number of aromatic nitrogens is 2. The van der Waals surface area contributed by atoms with Crippen molar-refractivity contribution < 1.29 is 14.3 Å². The van der Waals surface area contributed by atoms with Gasteiger partial charge >= 0.3 is 5.97 Å². The number of hydrogen-bond acceptors (Lipinski definition) is 2. The minimum Gasteiger partial charge on any atom is -0.478 e. The van der Waals surface area contributed by atoms with Gasteiger partial charge in [0.25, 0.3) is 0 Å². The van der Waals surface area contributed by atoms with Crippen molar-refractivity contribution in [3.05, 3.63) is 59.1 Å². The first-order valence-corrected chi connectivity index (χ1v) is 6.10. The van der Waals surface area contributed by atoms with Gasteiger partial charge in [0, 0.05) is 18.0 Å². The number of carboxylic acid groups (broad SMARTS) is 1. The average Bonchev–Trinajstić information content (AvgIpc) is 2.80. The average molecular weight is 291 g/mol. The molecule has 0 aliphatic carbocycles. The molecule has 2 heterocycles. The fourth-order valence-electron chi connectivity index (χ4n) is 1.95. The van der Waals surface area contributed by atoms with Gasteiger partial charge in [-0.15, -0.1) is 0 Å². The third-order valence-electron chi connectivity index (χ3n) is 2.91. The number of rotatable bonds is 2. The summed E-state index contributed by atoms with van der Waals surface area (Å²) in [6.07, 6.45) is 3.12. The normalized spacial score (nSPS) is 10.9. The fourth-order valence-corrected chi connectivity index (χ4v) is 2.21. The molecule has 0 radical (unpaired) electrons. The van der Waals surface area contributed by atoms with Crippen LogP contribution in [-0.2, 0) is 0 Å². The van der Waals surface area contributed by atoms with Gasteiger partial charge in [-0.3, -0.25) is 0 Å². The summed E-state index contributed by atoms with van der Waals surface area (Å²) in [6.45, 7) is 0. The smallest absolute Gasteiger partial charge is 0.337 e. The topological polar surface area (TPSA) is 54.6 Å². The van der Waals surface area contributed by atoms with Crippen LogP contribution in [0.15, 0.2) is 42.7 Å². The summed E-state index contributed by atoms with van der Waals surface area (Å²) < 4.78 is 14.6. The molecule has 4 nitrogen and oxygen atoms in total. The van der Waals surface area contributed by atoms with Gasteiger partial charge in [-0.05, 0) is 30.3 Å². The van der Waals surface area contributed by atoms with E-state index in [2.05, 4.69) is 4.98 Å². The maximum Gasteiger partial charge on any atom is 0.337 e. The first-order valence-electron chi connectivity index (χ1n) is 5.72. The van der Waals surface area contributed by atoms with E-state index < -0.39 is 11.8 Å². The van der Waals surface area contributed by atoms with Crippen molar-refractivity contribution in [3.63, 3.8) is 0 Å². The van der Waals surface area contributed by atoms with Crippen LogP contribution in [0.2, 0.25) is 5.02 Å². The van der Waals surface area contributed by atoms with Gasteiger partial charge < -0.3 is 9.51 Å². The Morgan fingerprint density at radius 2 is 2.05 bits per heavy atom. The second-order valence-electron chi connectivity index (χ2n) is 4.24. The monoisotopic (exact) mass is 290 g/mol. The highest BCUT2D eigenvalue weighted by atomic mass is 35.5. The highest BCUT2D eigenvalue weighted by Crippen LogP contribution is 2.28. The molecule has 6 heteroatoms. The lowest BCUT2D eigenvalue weighted by molar-refractivity contribution is 0.0696. The number of imidazole rings is 1. The van der Waals surface area contributed by atoms with E-state index in [-0.39, 0.29) is 10.6 Å². The molecule has 0 aliphatic rings. The second kappa shape index (κ2) is 4.61. The van der Waals surface area contributed by atoms with Gasteiger partial charge in [-0.25, -0.2) is 14.2 Å². The Balaban J connectivity index is 2.15. The number of fused-ring (bicyclic) bond motifs is 1. The summed E-state index contributed by atoms with van der Waals surface area (Å²) in [5.41, 5.74) is 1.89. The largest absolute Gasteiger partial charge is 0.478 e. The lowest BCUT2D eigenvalue weighted by atomic mass is 10.2. The molecule has 0 saturated heterocycles. The molecule has 1 N–H and O–H groups in total. The molecular formula is C14H8ClFN2O2. The fraction of sp³-hybridized carbons (Fsp3) is 0. The summed E-state index contributed by atoms with van der Waals surface area (Å²) in [5.74, 6) is -1.43. The van der Waals surface area contributed by atoms with E-state index in [9.17, 15) is 9.18 Å². The van der Waals surface area contributed by atoms with Crippen LogP contribution in [0.1, 0.15) is 10.4 Å². The zero-order valence-corrected chi connectivity index (χ0v) is 10.8. The van der Waals surface area contributed by atoms with Crippen molar-refractivity contribution in [2.24, 2.45) is 0 Å². The molecule has 0 spiro atoms. The van der Waals surface area contributed by atoms with Crippen LogP contribution in [0.25, 0.3) is 16.9 Å². The first-order chi connectivity index (χ1) is 9.54. The third kappa shape index (κ3) is 2.12. The number of aromatic carboxylic acids is 1. The molecule has 0 aliphatic heterocycles. The van der Waals surface area contributed by atoms with E-state index >= 15 is 0 Å². The van der Waals surface area contributed by atoms with Gasteiger partial charge in [-0.2, -0.15) is 0 Å². The Hall–Kier alpha value is -2.40. The van der Waals surface area contributed by atoms with Crippen molar-refractivity contribution in [3.8, 4) is 11.3 Å². The van der Waals surface area contributed by atoms with Crippen molar-refractivity contribution in [1.82, 2.24) is 9.38 Å². The predicted molar refractivity (Wildman–Crippen MR) is 72.6 cm³/mol. The molecule has 0 unspecified atom stereocenters. The van der Waals surface area contributed by atoms with E-state index in [4.69, 9.17) is 16.7 Å². The zero-order valence-electron chi connectivity index (χ0n) is 10.0. The zero-order chi connectivity index (χ0) is 14.3.